The van der Waals surface area contributed by atoms with E-state index in [0.29, 0.717) is 35.6 Å². The first kappa shape index (κ1) is 22.9. The molecule has 0 aromatic heterocycles. The number of ether oxygens (including phenoxy) is 4. The zero-order valence-corrected chi connectivity index (χ0v) is 18.5. The van der Waals surface area contributed by atoms with Crippen molar-refractivity contribution >= 4 is 23.6 Å². The van der Waals surface area contributed by atoms with Crippen LogP contribution in [-0.2, 0) is 14.3 Å². The first-order valence-electron chi connectivity index (χ1n) is 10.5. The van der Waals surface area contributed by atoms with E-state index in [1.54, 1.807) is 19.3 Å². The largest absolute Gasteiger partial charge is 0.491 e. The third-order valence-electron chi connectivity index (χ3n) is 5.47. The van der Waals surface area contributed by atoms with Crippen molar-refractivity contribution in [2.45, 2.75) is 19.4 Å². The molecule has 3 rings (SSSR count). The topological polar surface area (TPSA) is 69.3 Å². The van der Waals surface area contributed by atoms with Crippen LogP contribution in [0.5, 0.6) is 11.5 Å². The van der Waals surface area contributed by atoms with Gasteiger partial charge in [-0.15, -0.1) is 0 Å². The molecule has 2 unspecified atom stereocenters. The Balaban J connectivity index is 1.61. The van der Waals surface area contributed by atoms with Crippen molar-refractivity contribution < 1.29 is 23.7 Å². The fraction of sp³-hybridized carbons (Fsp3) is 0.591. The van der Waals surface area contributed by atoms with Crippen LogP contribution in [0, 0.1) is 5.92 Å². The fourth-order valence-electron chi connectivity index (χ4n) is 3.94. The average Bonchev–Trinajstić information content (AvgIpc) is 3.28. The van der Waals surface area contributed by atoms with Crippen molar-refractivity contribution in [3.05, 3.63) is 28.8 Å². The van der Waals surface area contributed by atoms with Gasteiger partial charge in [0.25, 0.3) is 0 Å². The van der Waals surface area contributed by atoms with Crippen molar-refractivity contribution in [3.8, 4) is 11.5 Å². The maximum absolute atomic E-state index is 12.5. The number of carbonyl (C=O) groups is 1. The number of amides is 1. The van der Waals surface area contributed by atoms with Gasteiger partial charge in [0, 0.05) is 44.3 Å². The van der Waals surface area contributed by atoms with Gasteiger partial charge in [-0.05, 0) is 37.1 Å². The zero-order chi connectivity index (χ0) is 21.3. The standard InChI is InChI=1S/C22H31ClN2O5/c1-3-30-20-13-16(12-18(23)22(20)27-2)4-5-21(26)24-14-19(17-6-9-29-15-17)25-7-10-28-11-8-25/h4-5,12-13,17,19H,3,6-11,14-15H2,1-2H3,(H,24,26)/b5-4+. The summed E-state index contributed by atoms with van der Waals surface area (Å²) in [5.74, 6) is 1.34. The van der Waals surface area contributed by atoms with Crippen LogP contribution in [0.1, 0.15) is 18.9 Å². The summed E-state index contributed by atoms with van der Waals surface area (Å²) in [7, 11) is 1.55. The van der Waals surface area contributed by atoms with Gasteiger partial charge in [0.2, 0.25) is 5.91 Å². The molecule has 2 fully saturated rings. The predicted octanol–water partition coefficient (Wildman–Crippen LogP) is 2.61. The SMILES string of the molecule is CCOc1cc(/C=C/C(=O)NCC(C2CCOC2)N2CCOCC2)cc(Cl)c1OC. The average molecular weight is 439 g/mol. The summed E-state index contributed by atoms with van der Waals surface area (Å²) in [6.45, 7) is 7.76. The van der Waals surface area contributed by atoms with Gasteiger partial charge in [-0.2, -0.15) is 0 Å². The number of morpholine rings is 1. The number of halogens is 1. The molecule has 166 valence electrons. The monoisotopic (exact) mass is 438 g/mol. The highest BCUT2D eigenvalue weighted by atomic mass is 35.5. The summed E-state index contributed by atoms with van der Waals surface area (Å²) in [6, 6.07) is 3.82. The molecular weight excluding hydrogens is 408 g/mol. The van der Waals surface area contributed by atoms with Gasteiger partial charge in [-0.25, -0.2) is 0 Å². The molecule has 2 atom stereocenters. The van der Waals surface area contributed by atoms with Crippen molar-refractivity contribution in [2.24, 2.45) is 5.92 Å². The number of hydrogen-bond donors (Lipinski definition) is 1. The number of benzene rings is 1. The van der Waals surface area contributed by atoms with Crippen LogP contribution in [0.15, 0.2) is 18.2 Å². The van der Waals surface area contributed by atoms with Gasteiger partial charge in [0.1, 0.15) is 0 Å². The summed E-state index contributed by atoms with van der Waals surface area (Å²) in [4.78, 5) is 14.9. The first-order chi connectivity index (χ1) is 14.6. The Morgan fingerprint density at radius 3 is 2.80 bits per heavy atom. The summed E-state index contributed by atoms with van der Waals surface area (Å²) in [5, 5.41) is 3.49. The van der Waals surface area contributed by atoms with E-state index >= 15 is 0 Å². The summed E-state index contributed by atoms with van der Waals surface area (Å²) in [5.41, 5.74) is 0.772. The molecule has 1 amide bonds. The maximum Gasteiger partial charge on any atom is 0.244 e. The molecule has 8 heteroatoms. The minimum Gasteiger partial charge on any atom is -0.491 e. The van der Waals surface area contributed by atoms with E-state index in [0.717, 1.165) is 51.5 Å². The molecule has 2 saturated heterocycles. The third-order valence-corrected chi connectivity index (χ3v) is 5.75. The van der Waals surface area contributed by atoms with Crippen molar-refractivity contribution in [2.75, 3.05) is 59.8 Å². The molecule has 2 heterocycles. The molecular formula is C22H31ClN2O5. The molecule has 0 radical (unpaired) electrons. The Kier molecular flexibility index (Phi) is 8.81. The maximum atomic E-state index is 12.5. The van der Waals surface area contributed by atoms with Crippen LogP contribution in [0.3, 0.4) is 0 Å². The van der Waals surface area contributed by atoms with Crippen LogP contribution < -0.4 is 14.8 Å². The molecule has 2 aliphatic rings. The minimum absolute atomic E-state index is 0.142. The Morgan fingerprint density at radius 2 is 2.13 bits per heavy atom. The van der Waals surface area contributed by atoms with Gasteiger partial charge >= 0.3 is 0 Å². The molecule has 1 aromatic carbocycles. The van der Waals surface area contributed by atoms with Crippen molar-refractivity contribution in [3.63, 3.8) is 0 Å². The molecule has 7 nitrogen and oxygen atoms in total. The third kappa shape index (κ3) is 6.11. The Morgan fingerprint density at radius 1 is 1.33 bits per heavy atom. The fourth-order valence-corrected chi connectivity index (χ4v) is 4.24. The minimum atomic E-state index is -0.142. The van der Waals surface area contributed by atoms with Crippen LogP contribution >= 0.6 is 11.6 Å². The number of rotatable bonds is 9. The summed E-state index contributed by atoms with van der Waals surface area (Å²) >= 11 is 6.28. The molecule has 0 spiro atoms. The number of methoxy groups -OCH3 is 1. The van der Waals surface area contributed by atoms with E-state index in [1.807, 2.05) is 13.0 Å². The smallest absolute Gasteiger partial charge is 0.244 e. The second-order valence-electron chi connectivity index (χ2n) is 7.38. The second-order valence-corrected chi connectivity index (χ2v) is 7.79. The molecule has 30 heavy (non-hydrogen) atoms. The van der Waals surface area contributed by atoms with E-state index in [4.69, 9.17) is 30.5 Å². The normalized spacial score (nSPS) is 21.0. The van der Waals surface area contributed by atoms with E-state index in [9.17, 15) is 4.79 Å². The molecule has 0 saturated carbocycles. The van der Waals surface area contributed by atoms with E-state index in [-0.39, 0.29) is 11.9 Å². The lowest BCUT2D eigenvalue weighted by atomic mass is 9.97. The van der Waals surface area contributed by atoms with E-state index < -0.39 is 0 Å². The lowest BCUT2D eigenvalue weighted by molar-refractivity contribution is -0.116. The van der Waals surface area contributed by atoms with Gasteiger partial charge in [-0.1, -0.05) is 11.6 Å². The Bertz CT molecular complexity index is 730. The molecule has 0 bridgehead atoms. The van der Waals surface area contributed by atoms with Crippen LogP contribution in [0.4, 0.5) is 0 Å². The van der Waals surface area contributed by atoms with Gasteiger partial charge in [0.15, 0.2) is 11.5 Å². The molecule has 1 N–H and O–H groups in total. The predicted molar refractivity (Wildman–Crippen MR) is 116 cm³/mol. The summed E-state index contributed by atoms with van der Waals surface area (Å²) in [6.07, 6.45) is 4.28. The van der Waals surface area contributed by atoms with Crippen molar-refractivity contribution in [1.29, 1.82) is 0 Å². The highest BCUT2D eigenvalue weighted by Crippen LogP contribution is 2.36. The van der Waals surface area contributed by atoms with Crippen LogP contribution in [0.2, 0.25) is 5.02 Å². The lowest BCUT2D eigenvalue weighted by Crippen LogP contribution is -2.52. The van der Waals surface area contributed by atoms with Crippen molar-refractivity contribution in [1.82, 2.24) is 10.2 Å². The summed E-state index contributed by atoms with van der Waals surface area (Å²) < 4.78 is 21.9. The quantitative estimate of drug-likeness (QED) is 0.598. The first-order valence-corrected chi connectivity index (χ1v) is 10.9. The highest BCUT2D eigenvalue weighted by molar-refractivity contribution is 6.32. The van der Waals surface area contributed by atoms with E-state index in [1.165, 1.54) is 6.08 Å². The Hall–Kier alpha value is -1.80. The highest BCUT2D eigenvalue weighted by Gasteiger charge is 2.31. The number of carbonyl (C=O) groups excluding carboxylic acids is 1. The zero-order valence-electron chi connectivity index (χ0n) is 17.7. The van der Waals surface area contributed by atoms with Crippen LogP contribution in [0.25, 0.3) is 6.08 Å². The van der Waals surface area contributed by atoms with Crippen LogP contribution in [-0.4, -0.2) is 76.6 Å². The van der Waals surface area contributed by atoms with Gasteiger partial charge < -0.3 is 24.3 Å². The number of hydrogen-bond acceptors (Lipinski definition) is 6. The number of nitrogens with one attached hydrogen (secondary N) is 1. The van der Waals surface area contributed by atoms with E-state index in [2.05, 4.69) is 10.2 Å². The van der Waals surface area contributed by atoms with Gasteiger partial charge in [-0.3, -0.25) is 9.69 Å². The molecule has 1 aromatic rings. The Labute approximate surface area is 183 Å². The molecule has 0 aliphatic carbocycles. The van der Waals surface area contributed by atoms with Gasteiger partial charge in [0.05, 0.1) is 38.6 Å². The lowest BCUT2D eigenvalue weighted by Gasteiger charge is -2.37. The second kappa shape index (κ2) is 11.6. The number of nitrogens with zero attached hydrogens (tertiary/aromatic N) is 1. The molecule has 2 aliphatic heterocycles.